The Morgan fingerprint density at radius 2 is 0.344 bits per heavy atom. The third kappa shape index (κ3) is 7.64. The van der Waals surface area contributed by atoms with Gasteiger partial charge < -0.3 is 0 Å². The van der Waals surface area contributed by atoms with E-state index in [4.69, 9.17) is 0 Å². The molecule has 14 aromatic carbocycles. The summed E-state index contributed by atoms with van der Waals surface area (Å²) in [5, 5.41) is 26.4. The highest BCUT2D eigenvalue weighted by Crippen LogP contribution is 2.33. The molecule has 14 rings (SSSR count). The van der Waals surface area contributed by atoms with Gasteiger partial charge in [-0.2, -0.15) is 0 Å². The number of fused-ring (bicyclic) bond motifs is 14. The first-order valence-electron chi connectivity index (χ1n) is 22.1. The van der Waals surface area contributed by atoms with Gasteiger partial charge in [0.15, 0.2) is 0 Å². The lowest BCUT2D eigenvalue weighted by Crippen LogP contribution is -1.80. The zero-order valence-corrected chi connectivity index (χ0v) is 35.4. The van der Waals surface area contributed by atoms with Crippen molar-refractivity contribution >= 4 is 108 Å². The highest BCUT2D eigenvalue weighted by Gasteiger charge is 2.05. The third-order valence-corrected chi connectivity index (χ3v) is 12.5. The first-order valence-corrected chi connectivity index (χ1v) is 22.1. The van der Waals surface area contributed by atoms with Gasteiger partial charge in [-0.1, -0.05) is 243 Å². The molecule has 0 heteroatoms. The van der Waals surface area contributed by atoms with Crippen LogP contribution in [0.5, 0.6) is 0 Å². The number of rotatable bonds is 0. The maximum Gasteiger partial charge on any atom is -0.00268 e. The van der Waals surface area contributed by atoms with Crippen molar-refractivity contribution < 1.29 is 0 Å². The molecule has 0 saturated heterocycles. The lowest BCUT2D eigenvalue weighted by Gasteiger charge is -2.07. The molecule has 0 heterocycles. The molecule has 14 aromatic rings. The van der Waals surface area contributed by atoms with E-state index >= 15 is 0 Å². The molecular formula is C64H44. The summed E-state index contributed by atoms with van der Waals surface area (Å²) in [6.45, 7) is 0. The molecule has 0 aliphatic carbocycles. The second kappa shape index (κ2) is 17.2. The van der Waals surface area contributed by atoms with Crippen LogP contribution in [0.3, 0.4) is 0 Å². The van der Waals surface area contributed by atoms with Crippen molar-refractivity contribution in [2.24, 2.45) is 0 Å². The highest BCUT2D eigenvalue weighted by atomic mass is 14.1. The second-order valence-electron chi connectivity index (χ2n) is 16.4. The smallest absolute Gasteiger partial charge is 0.00268 e. The molecule has 0 nitrogen and oxygen atoms in total. The molecule has 0 amide bonds. The van der Waals surface area contributed by atoms with Crippen molar-refractivity contribution in [3.05, 3.63) is 267 Å². The number of hydrogen-bond donors (Lipinski definition) is 0. The zero-order valence-electron chi connectivity index (χ0n) is 35.4. The van der Waals surface area contributed by atoms with Crippen LogP contribution in [0.1, 0.15) is 0 Å². The molecule has 0 aliphatic rings. The topological polar surface area (TPSA) is 0 Å². The maximum atomic E-state index is 2.30. The van der Waals surface area contributed by atoms with E-state index < -0.39 is 0 Å². The molecule has 0 atom stereocenters. The van der Waals surface area contributed by atoms with Gasteiger partial charge in [0.1, 0.15) is 0 Å². The van der Waals surface area contributed by atoms with E-state index in [0.29, 0.717) is 0 Å². The fourth-order valence-corrected chi connectivity index (χ4v) is 9.31. The summed E-state index contributed by atoms with van der Waals surface area (Å²) in [6, 6.07) is 94.9. The Labute approximate surface area is 372 Å². The summed E-state index contributed by atoms with van der Waals surface area (Å²) < 4.78 is 0. The Morgan fingerprint density at radius 3 is 0.703 bits per heavy atom. The van der Waals surface area contributed by atoms with Crippen LogP contribution in [0, 0.1) is 0 Å². The Balaban J connectivity index is 0.0000000958. The SMILES string of the molecule is c1ccc2c(c1)ccc1ccc3ccccc3c12.c1ccc2c(c1)ccc1ccccc12.c1ccc2cc3c(ccc4ccccc43)cc2c1.c1ccc2cc3ccccc3cc2c1. The molecular weight excluding hydrogens is 769 g/mol. The summed E-state index contributed by atoms with van der Waals surface area (Å²) in [5.74, 6) is 0. The third-order valence-electron chi connectivity index (χ3n) is 12.5. The molecule has 64 heavy (non-hydrogen) atoms. The van der Waals surface area contributed by atoms with Gasteiger partial charge in [-0.25, -0.2) is 0 Å². The van der Waals surface area contributed by atoms with Crippen molar-refractivity contribution in [2.75, 3.05) is 0 Å². The van der Waals surface area contributed by atoms with Crippen LogP contribution in [-0.4, -0.2) is 0 Å². The van der Waals surface area contributed by atoms with Crippen LogP contribution in [0.15, 0.2) is 267 Å². The lowest BCUT2D eigenvalue weighted by atomic mass is 9.97. The first-order chi connectivity index (χ1) is 31.7. The van der Waals surface area contributed by atoms with E-state index in [1.165, 1.54) is 108 Å². The lowest BCUT2D eigenvalue weighted by molar-refractivity contribution is 1.76. The minimum absolute atomic E-state index is 1.31. The largest absolute Gasteiger partial charge is 0.0616 e. The van der Waals surface area contributed by atoms with Crippen LogP contribution in [-0.2, 0) is 0 Å². The fraction of sp³-hybridized carbons (Fsp3) is 0. The van der Waals surface area contributed by atoms with Crippen LogP contribution in [0.4, 0.5) is 0 Å². The van der Waals surface area contributed by atoms with E-state index in [0.717, 1.165) is 0 Å². The van der Waals surface area contributed by atoms with Crippen molar-refractivity contribution in [1.29, 1.82) is 0 Å². The van der Waals surface area contributed by atoms with Crippen LogP contribution in [0.25, 0.3) is 108 Å². The van der Waals surface area contributed by atoms with Gasteiger partial charge in [-0.3, -0.25) is 0 Å². The van der Waals surface area contributed by atoms with Gasteiger partial charge in [-0.05, 0) is 132 Å². The average molecular weight is 813 g/mol. The number of hydrogen-bond acceptors (Lipinski definition) is 0. The van der Waals surface area contributed by atoms with Gasteiger partial charge >= 0.3 is 0 Å². The molecule has 300 valence electrons. The van der Waals surface area contributed by atoms with Crippen molar-refractivity contribution in [3.8, 4) is 0 Å². The summed E-state index contributed by atoms with van der Waals surface area (Å²) in [5.41, 5.74) is 0. The fourth-order valence-electron chi connectivity index (χ4n) is 9.31. The predicted octanol–water partition coefficient (Wildman–Crippen LogP) is 18.3. The molecule has 0 fully saturated rings. The van der Waals surface area contributed by atoms with E-state index in [9.17, 15) is 0 Å². The van der Waals surface area contributed by atoms with Crippen LogP contribution < -0.4 is 0 Å². The van der Waals surface area contributed by atoms with Gasteiger partial charge in [0.25, 0.3) is 0 Å². The first kappa shape index (κ1) is 38.6. The predicted molar refractivity (Wildman–Crippen MR) is 281 cm³/mol. The van der Waals surface area contributed by atoms with Crippen LogP contribution in [0.2, 0.25) is 0 Å². The van der Waals surface area contributed by atoms with E-state index in [-0.39, 0.29) is 0 Å². The summed E-state index contributed by atoms with van der Waals surface area (Å²) in [6.07, 6.45) is 0. The summed E-state index contributed by atoms with van der Waals surface area (Å²) in [4.78, 5) is 0. The second-order valence-corrected chi connectivity index (χ2v) is 16.4. The maximum absolute atomic E-state index is 2.30. The number of benzene rings is 14. The quantitative estimate of drug-likeness (QED) is 0.106. The summed E-state index contributed by atoms with van der Waals surface area (Å²) >= 11 is 0. The Kier molecular flexibility index (Phi) is 10.4. The molecule has 0 aromatic heterocycles. The van der Waals surface area contributed by atoms with E-state index in [2.05, 4.69) is 267 Å². The minimum atomic E-state index is 1.31. The van der Waals surface area contributed by atoms with Crippen molar-refractivity contribution in [3.63, 3.8) is 0 Å². The van der Waals surface area contributed by atoms with Crippen LogP contribution >= 0.6 is 0 Å². The van der Waals surface area contributed by atoms with Gasteiger partial charge in [0, 0.05) is 0 Å². The molecule has 0 N–H and O–H groups in total. The molecule has 0 aliphatic heterocycles. The average Bonchev–Trinajstić information content (AvgIpc) is 3.37. The summed E-state index contributed by atoms with van der Waals surface area (Å²) in [7, 11) is 0. The van der Waals surface area contributed by atoms with E-state index in [1.54, 1.807) is 0 Å². The molecule has 0 saturated carbocycles. The Hall–Kier alpha value is -8.32. The standard InChI is InChI=1S/2C18H12.2C14H10/c1-3-7-16-13(5-1)9-11-15-12-10-14-6-2-4-8-17(14)18(15)16;1-2-7-15-12-18-16(11-14(15)6-1)10-9-13-5-3-4-8-17(13)18;1-3-7-13-11(5-1)9-10-12-6-2-4-8-14(12)13;1-2-6-12-10-14-8-4-3-7-13(14)9-11(12)5-1/h2*1-12H;2*1-10H. The zero-order chi connectivity index (χ0) is 42.7. The molecule has 0 unspecified atom stereocenters. The Morgan fingerprint density at radius 1 is 0.125 bits per heavy atom. The normalized spacial score (nSPS) is 11.1. The Bertz CT molecular complexity index is 3700. The van der Waals surface area contributed by atoms with Gasteiger partial charge in [0.2, 0.25) is 0 Å². The monoisotopic (exact) mass is 812 g/mol. The molecule has 0 radical (unpaired) electrons. The molecule has 0 spiro atoms. The van der Waals surface area contributed by atoms with Crippen molar-refractivity contribution in [2.45, 2.75) is 0 Å². The van der Waals surface area contributed by atoms with Crippen molar-refractivity contribution in [1.82, 2.24) is 0 Å². The van der Waals surface area contributed by atoms with Gasteiger partial charge in [0.05, 0.1) is 0 Å². The molecule has 0 bridgehead atoms. The van der Waals surface area contributed by atoms with Gasteiger partial charge in [-0.15, -0.1) is 0 Å². The minimum Gasteiger partial charge on any atom is -0.0616 e. The highest BCUT2D eigenvalue weighted by molar-refractivity contribution is 6.20. The van der Waals surface area contributed by atoms with E-state index in [1.807, 2.05) is 0 Å².